The molecule has 1 aliphatic rings. The minimum absolute atomic E-state index is 0.559. The molecule has 1 fully saturated rings. The minimum Gasteiger partial charge on any atom is -0.367 e. The molecule has 1 saturated carbocycles. The molecule has 0 aliphatic heterocycles. The van der Waals surface area contributed by atoms with E-state index in [4.69, 9.17) is 0 Å². The summed E-state index contributed by atoms with van der Waals surface area (Å²) in [6.45, 7) is 0. The first-order chi connectivity index (χ1) is 9.90. The second-order valence-corrected chi connectivity index (χ2v) is 5.24. The molecule has 0 saturated heterocycles. The Morgan fingerprint density at radius 1 is 0.950 bits per heavy atom. The molecular formula is C16H20N4. The van der Waals surface area contributed by atoms with E-state index in [1.165, 1.54) is 32.1 Å². The molecule has 0 spiro atoms. The molecule has 0 bridgehead atoms. The van der Waals surface area contributed by atoms with E-state index in [1.807, 2.05) is 36.4 Å². The molecule has 1 aliphatic carbocycles. The SMILES string of the molecule is c1ccc(Nc2nccc(NC3CCCCC3)n2)cc1. The highest BCUT2D eigenvalue weighted by molar-refractivity contribution is 5.54. The smallest absolute Gasteiger partial charge is 0.229 e. The molecule has 0 radical (unpaired) electrons. The number of benzene rings is 1. The lowest BCUT2D eigenvalue weighted by atomic mass is 9.95. The lowest BCUT2D eigenvalue weighted by Gasteiger charge is -2.23. The summed E-state index contributed by atoms with van der Waals surface area (Å²) in [6, 6.07) is 12.5. The van der Waals surface area contributed by atoms with E-state index < -0.39 is 0 Å². The van der Waals surface area contributed by atoms with Gasteiger partial charge in [0, 0.05) is 17.9 Å². The fourth-order valence-electron chi connectivity index (χ4n) is 2.61. The maximum Gasteiger partial charge on any atom is 0.229 e. The van der Waals surface area contributed by atoms with E-state index in [2.05, 4.69) is 20.6 Å². The monoisotopic (exact) mass is 268 g/mol. The normalized spacial score (nSPS) is 15.8. The Labute approximate surface area is 119 Å². The van der Waals surface area contributed by atoms with Gasteiger partial charge >= 0.3 is 0 Å². The van der Waals surface area contributed by atoms with Gasteiger partial charge < -0.3 is 10.6 Å². The van der Waals surface area contributed by atoms with Crippen LogP contribution in [0.1, 0.15) is 32.1 Å². The molecule has 4 nitrogen and oxygen atoms in total. The third kappa shape index (κ3) is 3.47. The van der Waals surface area contributed by atoms with Crippen LogP contribution >= 0.6 is 0 Å². The average Bonchev–Trinajstić information content (AvgIpc) is 2.50. The van der Waals surface area contributed by atoms with Crippen LogP contribution in [0.25, 0.3) is 0 Å². The van der Waals surface area contributed by atoms with Gasteiger partial charge in [0.1, 0.15) is 5.82 Å². The average molecular weight is 268 g/mol. The molecule has 0 unspecified atom stereocenters. The Morgan fingerprint density at radius 3 is 2.55 bits per heavy atom. The summed E-state index contributed by atoms with van der Waals surface area (Å²) in [4.78, 5) is 8.79. The van der Waals surface area contributed by atoms with Gasteiger partial charge in [-0.3, -0.25) is 0 Å². The number of para-hydroxylation sites is 1. The van der Waals surface area contributed by atoms with E-state index in [0.717, 1.165) is 11.5 Å². The molecule has 4 heteroatoms. The van der Waals surface area contributed by atoms with Crippen LogP contribution in [0.15, 0.2) is 42.6 Å². The van der Waals surface area contributed by atoms with Gasteiger partial charge in [0.15, 0.2) is 0 Å². The van der Waals surface area contributed by atoms with Crippen molar-refractivity contribution in [3.8, 4) is 0 Å². The molecule has 2 aromatic rings. The topological polar surface area (TPSA) is 49.8 Å². The molecule has 20 heavy (non-hydrogen) atoms. The first kappa shape index (κ1) is 12.9. The van der Waals surface area contributed by atoms with Crippen molar-refractivity contribution < 1.29 is 0 Å². The third-order valence-electron chi connectivity index (χ3n) is 3.64. The molecule has 3 rings (SSSR count). The van der Waals surface area contributed by atoms with E-state index in [-0.39, 0.29) is 0 Å². The standard InChI is InChI=1S/C16H20N4/c1-3-7-13(8-4-1)18-15-11-12-17-16(20-15)19-14-9-5-2-6-10-14/h2,5-6,9-13H,1,3-4,7-8H2,(H2,17,18,19,20). The molecule has 0 amide bonds. The highest BCUT2D eigenvalue weighted by Crippen LogP contribution is 2.21. The molecule has 1 aromatic heterocycles. The van der Waals surface area contributed by atoms with Crippen LogP contribution in [0.4, 0.5) is 17.5 Å². The zero-order chi connectivity index (χ0) is 13.6. The Balaban J connectivity index is 1.66. The van der Waals surface area contributed by atoms with Crippen molar-refractivity contribution in [3.05, 3.63) is 42.6 Å². The summed E-state index contributed by atoms with van der Waals surface area (Å²) in [7, 11) is 0. The fraction of sp³-hybridized carbons (Fsp3) is 0.375. The van der Waals surface area contributed by atoms with Crippen molar-refractivity contribution in [2.45, 2.75) is 38.1 Å². The largest absolute Gasteiger partial charge is 0.367 e. The molecule has 0 atom stereocenters. The predicted molar refractivity (Wildman–Crippen MR) is 82.3 cm³/mol. The van der Waals surface area contributed by atoms with Crippen LogP contribution in [0, 0.1) is 0 Å². The number of anilines is 3. The van der Waals surface area contributed by atoms with Crippen LogP contribution in [-0.2, 0) is 0 Å². The highest BCUT2D eigenvalue weighted by atomic mass is 15.1. The number of nitrogens with zero attached hydrogens (tertiary/aromatic N) is 2. The summed E-state index contributed by atoms with van der Waals surface area (Å²) in [6.07, 6.45) is 8.28. The molecule has 2 N–H and O–H groups in total. The molecular weight excluding hydrogens is 248 g/mol. The maximum atomic E-state index is 4.53. The molecule has 1 heterocycles. The van der Waals surface area contributed by atoms with E-state index in [0.29, 0.717) is 12.0 Å². The van der Waals surface area contributed by atoms with Gasteiger partial charge in [-0.1, -0.05) is 37.5 Å². The van der Waals surface area contributed by atoms with Gasteiger partial charge in [-0.25, -0.2) is 4.98 Å². The van der Waals surface area contributed by atoms with Crippen molar-refractivity contribution in [1.29, 1.82) is 0 Å². The summed E-state index contributed by atoms with van der Waals surface area (Å²) < 4.78 is 0. The lowest BCUT2D eigenvalue weighted by Crippen LogP contribution is -2.22. The van der Waals surface area contributed by atoms with Crippen LogP contribution < -0.4 is 10.6 Å². The van der Waals surface area contributed by atoms with E-state index in [9.17, 15) is 0 Å². The predicted octanol–water partition coefficient (Wildman–Crippen LogP) is 3.96. The fourth-order valence-corrected chi connectivity index (χ4v) is 2.61. The lowest BCUT2D eigenvalue weighted by molar-refractivity contribution is 0.462. The number of nitrogens with one attached hydrogen (secondary N) is 2. The molecule has 104 valence electrons. The van der Waals surface area contributed by atoms with Gasteiger partial charge in [-0.2, -0.15) is 4.98 Å². The van der Waals surface area contributed by atoms with Crippen molar-refractivity contribution in [2.75, 3.05) is 10.6 Å². The summed E-state index contributed by atoms with van der Waals surface area (Å²) in [5, 5.41) is 6.74. The van der Waals surface area contributed by atoms with Gasteiger partial charge in [-0.05, 0) is 31.0 Å². The Bertz CT molecular complexity index is 535. The van der Waals surface area contributed by atoms with E-state index >= 15 is 0 Å². The highest BCUT2D eigenvalue weighted by Gasteiger charge is 2.13. The quantitative estimate of drug-likeness (QED) is 0.881. The number of hydrogen-bond acceptors (Lipinski definition) is 4. The summed E-state index contributed by atoms with van der Waals surface area (Å²) in [5.41, 5.74) is 1.00. The first-order valence-electron chi connectivity index (χ1n) is 7.32. The maximum absolute atomic E-state index is 4.53. The summed E-state index contributed by atoms with van der Waals surface area (Å²) >= 11 is 0. The van der Waals surface area contributed by atoms with Crippen molar-refractivity contribution in [1.82, 2.24) is 9.97 Å². The second-order valence-electron chi connectivity index (χ2n) is 5.24. The number of hydrogen-bond donors (Lipinski definition) is 2. The zero-order valence-corrected chi connectivity index (χ0v) is 11.5. The van der Waals surface area contributed by atoms with Crippen LogP contribution in [0.5, 0.6) is 0 Å². The van der Waals surface area contributed by atoms with Crippen LogP contribution in [0.3, 0.4) is 0 Å². The van der Waals surface area contributed by atoms with Gasteiger partial charge in [-0.15, -0.1) is 0 Å². The van der Waals surface area contributed by atoms with Crippen LogP contribution in [-0.4, -0.2) is 16.0 Å². The second kappa shape index (κ2) is 6.37. The van der Waals surface area contributed by atoms with Gasteiger partial charge in [0.2, 0.25) is 5.95 Å². The minimum atomic E-state index is 0.559. The van der Waals surface area contributed by atoms with Crippen molar-refractivity contribution >= 4 is 17.5 Å². The number of rotatable bonds is 4. The molecule has 1 aromatic carbocycles. The Kier molecular flexibility index (Phi) is 4.11. The van der Waals surface area contributed by atoms with E-state index in [1.54, 1.807) is 6.20 Å². The third-order valence-corrected chi connectivity index (χ3v) is 3.64. The van der Waals surface area contributed by atoms with Crippen molar-refractivity contribution in [2.24, 2.45) is 0 Å². The first-order valence-corrected chi connectivity index (χ1v) is 7.32. The summed E-state index contributed by atoms with van der Waals surface area (Å²) in [5.74, 6) is 1.54. The van der Waals surface area contributed by atoms with Crippen LogP contribution in [0.2, 0.25) is 0 Å². The van der Waals surface area contributed by atoms with Gasteiger partial charge in [0.25, 0.3) is 0 Å². The Hall–Kier alpha value is -2.10. The van der Waals surface area contributed by atoms with Gasteiger partial charge in [0.05, 0.1) is 0 Å². The Morgan fingerprint density at radius 2 is 1.75 bits per heavy atom. The number of aromatic nitrogens is 2. The van der Waals surface area contributed by atoms with Crippen molar-refractivity contribution in [3.63, 3.8) is 0 Å². The zero-order valence-electron chi connectivity index (χ0n) is 11.5.